The van der Waals surface area contributed by atoms with Crippen molar-refractivity contribution in [2.45, 2.75) is 53.6 Å². The molecule has 0 aliphatic carbocycles. The van der Waals surface area contributed by atoms with E-state index in [1.807, 2.05) is 27.7 Å². The summed E-state index contributed by atoms with van der Waals surface area (Å²) in [5.41, 5.74) is 0. The molecule has 84 valence electrons. The molecule has 2 heteroatoms. The van der Waals surface area contributed by atoms with Gasteiger partial charge >= 0.3 is 0 Å². The molecule has 0 radical (unpaired) electrons. The zero-order valence-corrected chi connectivity index (χ0v) is 10.2. The molecule has 1 unspecified atom stereocenters. The first kappa shape index (κ1) is 13.6. The van der Waals surface area contributed by atoms with Crippen molar-refractivity contribution < 1.29 is 9.53 Å². The third kappa shape index (κ3) is 7.07. The van der Waals surface area contributed by atoms with Crippen molar-refractivity contribution in [3.05, 3.63) is 0 Å². The smallest absolute Gasteiger partial charge is 0.135 e. The van der Waals surface area contributed by atoms with E-state index in [1.165, 1.54) is 0 Å². The Bertz CT molecular complexity index is 162. The third-order valence-electron chi connectivity index (χ3n) is 2.26. The van der Waals surface area contributed by atoms with E-state index < -0.39 is 0 Å². The largest absolute Gasteiger partial charge is 0.379 e. The summed E-state index contributed by atoms with van der Waals surface area (Å²) in [5.74, 6) is 0.981. The maximum Gasteiger partial charge on any atom is 0.135 e. The fourth-order valence-electron chi connectivity index (χ4n) is 1.19. The van der Waals surface area contributed by atoms with Crippen LogP contribution in [0.15, 0.2) is 0 Å². The van der Waals surface area contributed by atoms with Crippen LogP contribution in [0.3, 0.4) is 0 Å². The van der Waals surface area contributed by atoms with Crippen LogP contribution in [-0.2, 0) is 9.53 Å². The number of ketones is 1. The lowest BCUT2D eigenvalue weighted by Crippen LogP contribution is -2.14. The molecule has 0 N–H and O–H groups in total. The van der Waals surface area contributed by atoms with Gasteiger partial charge in [-0.05, 0) is 26.2 Å². The third-order valence-corrected chi connectivity index (χ3v) is 2.26. The maximum absolute atomic E-state index is 11.4. The molecule has 0 aliphatic rings. The Labute approximate surface area is 88.0 Å². The molecule has 2 nitrogen and oxygen atoms in total. The number of hydrogen-bond acceptors (Lipinski definition) is 2. The maximum atomic E-state index is 11.4. The molecule has 0 spiro atoms. The summed E-state index contributed by atoms with van der Waals surface area (Å²) in [4.78, 5) is 11.4. The molecule has 0 bridgehead atoms. The van der Waals surface area contributed by atoms with Gasteiger partial charge in [-0.3, -0.25) is 4.79 Å². The molecule has 0 aliphatic heterocycles. The second-order valence-electron chi connectivity index (χ2n) is 4.64. The minimum atomic E-state index is 0.170. The quantitative estimate of drug-likeness (QED) is 0.631. The first-order chi connectivity index (χ1) is 6.43. The van der Waals surface area contributed by atoms with Crippen molar-refractivity contribution in [3.63, 3.8) is 0 Å². The molecule has 0 aromatic heterocycles. The molecule has 0 saturated heterocycles. The second-order valence-corrected chi connectivity index (χ2v) is 4.64. The van der Waals surface area contributed by atoms with Crippen LogP contribution in [0.2, 0.25) is 0 Å². The normalized spacial score (nSPS) is 13.6. The molecule has 0 aromatic carbocycles. The van der Waals surface area contributed by atoms with Crippen molar-refractivity contribution >= 4 is 5.78 Å². The Morgan fingerprint density at radius 3 is 2.14 bits per heavy atom. The molecule has 0 amide bonds. The fraction of sp³-hybridized carbons (Fsp3) is 0.917. The average molecular weight is 200 g/mol. The molecule has 0 fully saturated rings. The van der Waals surface area contributed by atoms with Gasteiger partial charge in [-0.2, -0.15) is 0 Å². The summed E-state index contributed by atoms with van der Waals surface area (Å²) in [6.07, 6.45) is 1.97. The van der Waals surface area contributed by atoms with Crippen LogP contribution in [-0.4, -0.2) is 18.5 Å². The Balaban J connectivity index is 3.55. The zero-order valence-electron chi connectivity index (χ0n) is 10.2. The second kappa shape index (κ2) is 6.99. The Morgan fingerprint density at radius 2 is 1.71 bits per heavy atom. The highest BCUT2D eigenvalue weighted by atomic mass is 16.5. The predicted molar refractivity (Wildman–Crippen MR) is 59.3 cm³/mol. The van der Waals surface area contributed by atoms with Crippen LogP contribution in [0, 0.1) is 11.8 Å². The monoisotopic (exact) mass is 200 g/mol. The molecule has 0 aromatic rings. The van der Waals surface area contributed by atoms with Crippen molar-refractivity contribution in [2.24, 2.45) is 11.8 Å². The van der Waals surface area contributed by atoms with Crippen molar-refractivity contribution in [2.75, 3.05) is 6.61 Å². The van der Waals surface area contributed by atoms with E-state index in [-0.39, 0.29) is 5.92 Å². The van der Waals surface area contributed by atoms with Crippen LogP contribution >= 0.6 is 0 Å². The minimum absolute atomic E-state index is 0.170. The van der Waals surface area contributed by atoms with E-state index in [4.69, 9.17) is 4.74 Å². The van der Waals surface area contributed by atoms with Crippen LogP contribution in [0.5, 0.6) is 0 Å². The molecular formula is C12H24O2. The van der Waals surface area contributed by atoms with Gasteiger partial charge in [-0.25, -0.2) is 0 Å². The predicted octanol–water partition coefficient (Wildman–Crippen LogP) is 3.05. The lowest BCUT2D eigenvalue weighted by Gasteiger charge is -2.13. The van der Waals surface area contributed by atoms with Gasteiger partial charge in [0.2, 0.25) is 0 Å². The highest BCUT2D eigenvalue weighted by molar-refractivity contribution is 5.80. The summed E-state index contributed by atoms with van der Waals surface area (Å²) in [7, 11) is 0. The SMILES string of the molecule is CC(CCOC(C)C)CC(=O)C(C)C. The summed E-state index contributed by atoms with van der Waals surface area (Å²) < 4.78 is 5.44. The van der Waals surface area contributed by atoms with Gasteiger partial charge in [0.1, 0.15) is 5.78 Å². The zero-order chi connectivity index (χ0) is 11.1. The number of hydrogen-bond donors (Lipinski definition) is 0. The summed E-state index contributed by atoms with van der Waals surface area (Å²) in [5, 5.41) is 0. The fourth-order valence-corrected chi connectivity index (χ4v) is 1.19. The van der Waals surface area contributed by atoms with Crippen molar-refractivity contribution in [1.82, 2.24) is 0 Å². The van der Waals surface area contributed by atoms with Crippen LogP contribution in [0.1, 0.15) is 47.5 Å². The van der Waals surface area contributed by atoms with E-state index >= 15 is 0 Å². The topological polar surface area (TPSA) is 26.3 Å². The van der Waals surface area contributed by atoms with E-state index in [2.05, 4.69) is 6.92 Å². The van der Waals surface area contributed by atoms with Crippen LogP contribution in [0.25, 0.3) is 0 Å². The minimum Gasteiger partial charge on any atom is -0.379 e. The molecule has 0 saturated carbocycles. The Morgan fingerprint density at radius 1 is 1.14 bits per heavy atom. The van der Waals surface area contributed by atoms with E-state index in [0.717, 1.165) is 13.0 Å². The van der Waals surface area contributed by atoms with Crippen molar-refractivity contribution in [3.8, 4) is 0 Å². The number of ether oxygens (including phenoxy) is 1. The molecule has 0 rings (SSSR count). The van der Waals surface area contributed by atoms with Crippen LogP contribution in [0.4, 0.5) is 0 Å². The number of rotatable bonds is 7. The average Bonchev–Trinajstić information content (AvgIpc) is 2.02. The van der Waals surface area contributed by atoms with Gasteiger partial charge < -0.3 is 4.74 Å². The van der Waals surface area contributed by atoms with Crippen molar-refractivity contribution in [1.29, 1.82) is 0 Å². The van der Waals surface area contributed by atoms with E-state index in [1.54, 1.807) is 0 Å². The van der Waals surface area contributed by atoms with Gasteiger partial charge in [0, 0.05) is 18.9 Å². The van der Waals surface area contributed by atoms with Gasteiger partial charge in [0.25, 0.3) is 0 Å². The molecule has 0 heterocycles. The Kier molecular flexibility index (Phi) is 6.81. The van der Waals surface area contributed by atoms with Crippen LogP contribution < -0.4 is 0 Å². The molecule has 14 heavy (non-hydrogen) atoms. The van der Waals surface area contributed by atoms with Gasteiger partial charge in [-0.1, -0.05) is 20.8 Å². The molecule has 1 atom stereocenters. The summed E-state index contributed by atoms with van der Waals surface area (Å²) >= 11 is 0. The first-order valence-electron chi connectivity index (χ1n) is 5.57. The number of carbonyl (C=O) groups is 1. The standard InChI is InChI=1S/C12H24O2/c1-9(2)12(13)8-11(5)6-7-14-10(3)4/h9-11H,6-8H2,1-5H3. The highest BCUT2D eigenvalue weighted by Gasteiger charge is 2.12. The number of Topliss-reactive ketones (excluding diaryl/α,β-unsaturated/α-hetero) is 1. The lowest BCUT2D eigenvalue weighted by molar-refractivity contribution is -0.122. The summed E-state index contributed by atoms with van der Waals surface area (Å²) in [6, 6.07) is 0. The molecular weight excluding hydrogens is 176 g/mol. The Hall–Kier alpha value is -0.370. The van der Waals surface area contributed by atoms with E-state index in [9.17, 15) is 4.79 Å². The van der Waals surface area contributed by atoms with Gasteiger partial charge in [0.05, 0.1) is 6.10 Å². The number of carbonyl (C=O) groups excluding carboxylic acids is 1. The lowest BCUT2D eigenvalue weighted by atomic mass is 9.96. The highest BCUT2D eigenvalue weighted by Crippen LogP contribution is 2.12. The summed E-state index contributed by atoms with van der Waals surface area (Å²) in [6.45, 7) is 10.9. The van der Waals surface area contributed by atoms with E-state index in [0.29, 0.717) is 24.2 Å². The van der Waals surface area contributed by atoms with Gasteiger partial charge in [-0.15, -0.1) is 0 Å². The first-order valence-corrected chi connectivity index (χ1v) is 5.57. The van der Waals surface area contributed by atoms with Gasteiger partial charge in [0.15, 0.2) is 0 Å².